The zero-order chi connectivity index (χ0) is 10.7. The number of halogens is 1. The molecule has 0 heterocycles. The van der Waals surface area contributed by atoms with Crippen molar-refractivity contribution >= 4 is 13.9 Å². The molecule has 0 bridgehead atoms. The summed E-state index contributed by atoms with van der Waals surface area (Å²) in [6.07, 6.45) is 0. The Kier molecular flexibility index (Phi) is 3.16. The molecule has 1 N–H and O–H groups in total. The summed E-state index contributed by atoms with van der Waals surface area (Å²) in [5, 5.41) is 10.2. The van der Waals surface area contributed by atoms with Gasteiger partial charge >= 0.3 is 8.25 Å². The Bertz CT molecular complexity index is 396. The molecule has 1 unspecified atom stereocenters. The van der Waals surface area contributed by atoms with Gasteiger partial charge in [-0.25, -0.2) is 8.96 Å². The van der Waals surface area contributed by atoms with Gasteiger partial charge in [-0.05, 0) is 0 Å². The Morgan fingerprint density at radius 3 is 2.64 bits per heavy atom. The van der Waals surface area contributed by atoms with Gasteiger partial charge in [0.25, 0.3) is 5.69 Å². The summed E-state index contributed by atoms with van der Waals surface area (Å²) in [6, 6.07) is 2.33. The fraction of sp³-hybridized carbons (Fsp3) is 0. The van der Waals surface area contributed by atoms with E-state index in [1.54, 1.807) is 0 Å². The summed E-state index contributed by atoms with van der Waals surface area (Å²) in [4.78, 5) is 17.8. The van der Waals surface area contributed by atoms with E-state index in [2.05, 4.69) is 4.52 Å². The monoisotopic (exact) mass is 221 g/mol. The number of rotatable bonds is 3. The molecule has 0 spiro atoms. The smallest absolute Gasteiger partial charge is 0.365 e. The van der Waals surface area contributed by atoms with Gasteiger partial charge in [0.05, 0.1) is 17.1 Å². The van der Waals surface area contributed by atoms with Gasteiger partial charge in [-0.15, -0.1) is 0 Å². The predicted molar refractivity (Wildman–Crippen MR) is 44.9 cm³/mol. The summed E-state index contributed by atoms with van der Waals surface area (Å²) >= 11 is 0. The van der Waals surface area contributed by atoms with E-state index in [1.165, 1.54) is 0 Å². The molecule has 76 valence electrons. The zero-order valence-electron chi connectivity index (χ0n) is 6.64. The van der Waals surface area contributed by atoms with E-state index >= 15 is 0 Å². The molecule has 0 aliphatic rings. The first-order chi connectivity index (χ1) is 6.49. The third-order valence-corrected chi connectivity index (χ3v) is 1.68. The van der Waals surface area contributed by atoms with Crippen molar-refractivity contribution in [1.29, 1.82) is 0 Å². The summed E-state index contributed by atoms with van der Waals surface area (Å²) in [5.41, 5.74) is -0.539. The molecule has 0 aliphatic carbocycles. The first-order valence-corrected chi connectivity index (χ1v) is 4.61. The van der Waals surface area contributed by atoms with Crippen LogP contribution in [0.1, 0.15) is 0 Å². The third kappa shape index (κ3) is 2.79. The molecule has 1 aromatic carbocycles. The lowest BCUT2D eigenvalue weighted by molar-refractivity contribution is -0.385. The van der Waals surface area contributed by atoms with Crippen molar-refractivity contribution in [3.63, 3.8) is 0 Å². The maximum atomic E-state index is 12.7. The van der Waals surface area contributed by atoms with Crippen LogP contribution in [-0.2, 0) is 4.57 Å². The molecular formula is C6H5FNO5P. The second-order valence-corrected chi connectivity index (χ2v) is 3.01. The van der Waals surface area contributed by atoms with Crippen molar-refractivity contribution in [3.8, 4) is 5.75 Å². The van der Waals surface area contributed by atoms with Gasteiger partial charge in [-0.2, -0.15) is 0 Å². The van der Waals surface area contributed by atoms with E-state index in [0.29, 0.717) is 6.07 Å². The minimum absolute atomic E-state index is 0.344. The van der Waals surface area contributed by atoms with Crippen molar-refractivity contribution < 1.29 is 23.3 Å². The molecule has 8 heteroatoms. The molecule has 0 saturated carbocycles. The maximum absolute atomic E-state index is 12.7. The Morgan fingerprint density at radius 1 is 1.50 bits per heavy atom. The number of nitro benzene ring substituents is 1. The normalized spacial score (nSPS) is 12.1. The molecular weight excluding hydrogens is 216 g/mol. The van der Waals surface area contributed by atoms with Crippen LogP contribution in [0.2, 0.25) is 0 Å². The first kappa shape index (κ1) is 10.6. The Balaban J connectivity index is 3.07. The van der Waals surface area contributed by atoms with Gasteiger partial charge in [0.2, 0.25) is 0 Å². The molecule has 0 amide bonds. The highest BCUT2D eigenvalue weighted by Crippen LogP contribution is 2.27. The van der Waals surface area contributed by atoms with Crippen molar-refractivity contribution in [2.75, 3.05) is 0 Å². The SMILES string of the molecule is O=[N+]([O-])c1cc(F)cc(O[PH](=O)O)c1. The fourth-order valence-electron chi connectivity index (χ4n) is 0.813. The van der Waals surface area contributed by atoms with Gasteiger partial charge in [-0.1, -0.05) is 0 Å². The average Bonchev–Trinajstić information content (AvgIpc) is 2.01. The molecule has 0 aliphatic heterocycles. The maximum Gasteiger partial charge on any atom is 0.365 e. The number of non-ortho nitro benzene ring substituents is 1. The second-order valence-electron chi connectivity index (χ2n) is 2.27. The molecule has 1 atom stereocenters. The highest BCUT2D eigenvalue weighted by atomic mass is 31.1. The lowest BCUT2D eigenvalue weighted by atomic mass is 10.3. The van der Waals surface area contributed by atoms with Crippen molar-refractivity contribution in [3.05, 3.63) is 34.1 Å². The number of nitrogens with zero attached hydrogens (tertiary/aromatic N) is 1. The van der Waals surface area contributed by atoms with Crippen molar-refractivity contribution in [1.82, 2.24) is 0 Å². The van der Waals surface area contributed by atoms with E-state index in [-0.39, 0.29) is 5.75 Å². The van der Waals surface area contributed by atoms with E-state index in [0.717, 1.165) is 12.1 Å². The van der Waals surface area contributed by atoms with Crippen LogP contribution in [-0.4, -0.2) is 9.82 Å². The van der Waals surface area contributed by atoms with Gasteiger partial charge in [0.1, 0.15) is 11.6 Å². The van der Waals surface area contributed by atoms with Crippen molar-refractivity contribution in [2.24, 2.45) is 0 Å². The number of hydrogen-bond donors (Lipinski definition) is 1. The Hall–Kier alpha value is -1.46. The molecule has 1 rings (SSSR count). The van der Waals surface area contributed by atoms with Crippen LogP contribution in [0.25, 0.3) is 0 Å². The summed E-state index contributed by atoms with van der Waals surface area (Å²) in [6.45, 7) is 0. The molecule has 0 radical (unpaired) electrons. The van der Waals surface area contributed by atoms with Gasteiger partial charge in [0, 0.05) is 6.07 Å². The molecule has 0 aromatic heterocycles. The quantitative estimate of drug-likeness (QED) is 0.474. The minimum atomic E-state index is -3.28. The highest BCUT2D eigenvalue weighted by molar-refractivity contribution is 7.32. The number of nitro groups is 1. The molecule has 1 aromatic rings. The second kappa shape index (κ2) is 4.17. The van der Waals surface area contributed by atoms with E-state index in [4.69, 9.17) is 4.89 Å². The minimum Gasteiger partial charge on any atom is -0.426 e. The van der Waals surface area contributed by atoms with Crippen LogP contribution < -0.4 is 4.52 Å². The molecule has 0 fully saturated rings. The van der Waals surface area contributed by atoms with Crippen LogP contribution in [0.3, 0.4) is 0 Å². The van der Waals surface area contributed by atoms with E-state index in [9.17, 15) is 19.1 Å². The Morgan fingerprint density at radius 2 is 2.14 bits per heavy atom. The zero-order valence-corrected chi connectivity index (χ0v) is 7.64. The number of benzene rings is 1. The van der Waals surface area contributed by atoms with Crippen LogP contribution in [0.5, 0.6) is 5.75 Å². The predicted octanol–water partition coefficient (Wildman–Crippen LogP) is 1.49. The lowest BCUT2D eigenvalue weighted by Crippen LogP contribution is -1.90. The van der Waals surface area contributed by atoms with Crippen LogP contribution in [0, 0.1) is 15.9 Å². The van der Waals surface area contributed by atoms with E-state index in [1.807, 2.05) is 0 Å². The molecule has 14 heavy (non-hydrogen) atoms. The number of hydrogen-bond acceptors (Lipinski definition) is 4. The Labute approximate surface area is 78.0 Å². The van der Waals surface area contributed by atoms with Gasteiger partial charge < -0.3 is 9.42 Å². The van der Waals surface area contributed by atoms with Crippen LogP contribution in [0.4, 0.5) is 10.1 Å². The van der Waals surface area contributed by atoms with Gasteiger partial charge in [-0.3, -0.25) is 10.1 Å². The van der Waals surface area contributed by atoms with E-state index < -0.39 is 24.7 Å². The highest BCUT2D eigenvalue weighted by Gasteiger charge is 2.11. The van der Waals surface area contributed by atoms with Crippen LogP contribution in [0.15, 0.2) is 18.2 Å². The van der Waals surface area contributed by atoms with Crippen LogP contribution >= 0.6 is 8.25 Å². The van der Waals surface area contributed by atoms with Crippen molar-refractivity contribution in [2.45, 2.75) is 0 Å². The largest absolute Gasteiger partial charge is 0.426 e. The summed E-state index contributed by atoms with van der Waals surface area (Å²) < 4.78 is 27.2. The van der Waals surface area contributed by atoms with Gasteiger partial charge in [0.15, 0.2) is 0 Å². The topological polar surface area (TPSA) is 89.7 Å². The fourth-order valence-corrected chi connectivity index (χ4v) is 1.13. The summed E-state index contributed by atoms with van der Waals surface area (Å²) in [5.74, 6) is -1.25. The third-order valence-electron chi connectivity index (χ3n) is 1.27. The average molecular weight is 221 g/mol. The summed E-state index contributed by atoms with van der Waals surface area (Å²) in [7, 11) is -3.28. The first-order valence-electron chi connectivity index (χ1n) is 3.35. The lowest BCUT2D eigenvalue weighted by Gasteiger charge is -2.00. The molecule has 0 saturated heterocycles. The molecule has 6 nitrogen and oxygen atoms in total. The standard InChI is InChI=1S/C6H5FNO5P/c7-4-1-5(8(9)10)3-6(2-4)13-14(11)12/h1-3,14H,(H,11,12).